The number of rotatable bonds is 15. The summed E-state index contributed by atoms with van der Waals surface area (Å²) in [6.45, 7) is 2.08. The topological polar surface area (TPSA) is 114 Å². The third kappa shape index (κ3) is 8.11. The van der Waals surface area contributed by atoms with Crippen molar-refractivity contribution in [1.82, 2.24) is 0 Å². The molecule has 258 valence electrons. The number of carbonyl (C=O) groups is 2. The number of hydrogen-bond donors (Lipinski definition) is 0. The first-order valence-corrected chi connectivity index (χ1v) is 17.7. The second kappa shape index (κ2) is 16.4. The molecule has 0 aromatic heterocycles. The van der Waals surface area contributed by atoms with Crippen molar-refractivity contribution in [3.63, 3.8) is 0 Å². The number of benzene rings is 4. The molecule has 5 rings (SSSR count). The Balaban J connectivity index is 1.64. The van der Waals surface area contributed by atoms with Gasteiger partial charge in [0.1, 0.15) is 0 Å². The van der Waals surface area contributed by atoms with Crippen molar-refractivity contribution >= 4 is 21.8 Å². The Kier molecular flexibility index (Phi) is 12.0. The molecule has 1 aliphatic rings. The van der Waals surface area contributed by atoms with Gasteiger partial charge in [-0.3, -0.25) is 9.59 Å². The Morgan fingerprint density at radius 1 is 0.714 bits per heavy atom. The van der Waals surface area contributed by atoms with Crippen LogP contribution < -0.4 is 0 Å². The van der Waals surface area contributed by atoms with E-state index in [1.807, 2.05) is 97.9 Å². The van der Waals surface area contributed by atoms with E-state index in [9.17, 15) is 18.0 Å². The van der Waals surface area contributed by atoms with E-state index >= 15 is 0 Å². The highest BCUT2D eigenvalue weighted by molar-refractivity contribution is 7.92. The lowest BCUT2D eigenvalue weighted by Gasteiger charge is -2.37. The first-order chi connectivity index (χ1) is 23.7. The lowest BCUT2D eigenvalue weighted by Crippen LogP contribution is -2.53. The summed E-state index contributed by atoms with van der Waals surface area (Å²) < 4.78 is 59.0. The Morgan fingerprint density at radius 2 is 1.20 bits per heavy atom. The molecule has 4 aromatic carbocycles. The van der Waals surface area contributed by atoms with Crippen LogP contribution in [0.5, 0.6) is 0 Å². The quantitative estimate of drug-likeness (QED) is 0.112. The predicted molar refractivity (Wildman–Crippen MR) is 183 cm³/mol. The van der Waals surface area contributed by atoms with Gasteiger partial charge in [-0.05, 0) is 42.2 Å². The molecule has 0 heterocycles. The fourth-order valence-corrected chi connectivity index (χ4v) is 8.51. The van der Waals surface area contributed by atoms with Gasteiger partial charge in [-0.25, -0.2) is 8.42 Å². The molecule has 0 aliphatic heterocycles. The molecule has 0 spiro atoms. The minimum Gasteiger partial charge on any atom is -0.468 e. The number of sulfone groups is 1. The Hall–Kier alpha value is -4.35. The second-order valence-electron chi connectivity index (χ2n) is 12.2. The van der Waals surface area contributed by atoms with Gasteiger partial charge in [0.05, 0.1) is 63.0 Å². The van der Waals surface area contributed by atoms with Crippen LogP contribution in [0.4, 0.5) is 0 Å². The van der Waals surface area contributed by atoms with Gasteiger partial charge in [0, 0.05) is 5.92 Å². The van der Waals surface area contributed by atoms with Gasteiger partial charge in [0.15, 0.2) is 15.3 Å². The third-order valence-corrected chi connectivity index (χ3v) is 11.2. The predicted octanol–water partition coefficient (Wildman–Crippen LogP) is 5.88. The Morgan fingerprint density at radius 3 is 1.71 bits per heavy atom. The third-order valence-electron chi connectivity index (χ3n) is 9.05. The molecule has 10 heteroatoms. The zero-order valence-corrected chi connectivity index (χ0v) is 28.7. The van der Waals surface area contributed by atoms with E-state index in [0.717, 1.165) is 36.5 Å². The van der Waals surface area contributed by atoms with Crippen molar-refractivity contribution in [1.29, 1.82) is 0 Å². The summed E-state index contributed by atoms with van der Waals surface area (Å²) >= 11 is 0. The molecule has 0 amide bonds. The highest BCUT2D eigenvalue weighted by Gasteiger charge is 2.69. The van der Waals surface area contributed by atoms with Crippen LogP contribution in [0.1, 0.15) is 28.7 Å². The van der Waals surface area contributed by atoms with E-state index in [2.05, 4.69) is 0 Å². The monoisotopic (exact) mass is 686 g/mol. The Labute approximate surface area is 288 Å². The zero-order chi connectivity index (χ0) is 34.9. The number of ether oxygens (including phenoxy) is 5. The van der Waals surface area contributed by atoms with Crippen molar-refractivity contribution in [3.05, 3.63) is 138 Å². The van der Waals surface area contributed by atoms with Crippen LogP contribution >= 0.6 is 0 Å². The number of methoxy groups -OCH3 is 2. The molecule has 1 unspecified atom stereocenters. The highest BCUT2D eigenvalue weighted by Crippen LogP contribution is 2.53. The normalized spacial score (nSPS) is 19.2. The van der Waals surface area contributed by atoms with Crippen LogP contribution in [-0.4, -0.2) is 58.6 Å². The molecule has 0 bridgehead atoms. The summed E-state index contributed by atoms with van der Waals surface area (Å²) in [6.07, 6.45) is -2.68. The second-order valence-corrected chi connectivity index (χ2v) is 14.3. The largest absolute Gasteiger partial charge is 0.468 e. The molecule has 4 aromatic rings. The van der Waals surface area contributed by atoms with Crippen molar-refractivity contribution in [2.24, 2.45) is 11.3 Å². The summed E-state index contributed by atoms with van der Waals surface area (Å²) in [7, 11) is -1.87. The van der Waals surface area contributed by atoms with Crippen molar-refractivity contribution in [3.8, 4) is 0 Å². The lowest BCUT2D eigenvalue weighted by atomic mass is 9.74. The van der Waals surface area contributed by atoms with E-state index in [4.69, 9.17) is 23.7 Å². The van der Waals surface area contributed by atoms with Crippen LogP contribution in [0.15, 0.2) is 120 Å². The average Bonchev–Trinajstić information content (AvgIpc) is 3.49. The maximum atomic E-state index is 14.6. The summed E-state index contributed by atoms with van der Waals surface area (Å²) in [4.78, 5) is 28.1. The number of aryl methyl sites for hydroxylation is 1. The molecule has 1 aliphatic carbocycles. The average molecular weight is 687 g/mol. The van der Waals surface area contributed by atoms with Crippen LogP contribution in [-0.2, 0) is 62.9 Å². The first-order valence-electron chi connectivity index (χ1n) is 16.1. The number of carbonyl (C=O) groups excluding carboxylic acids is 2. The Bertz CT molecular complexity index is 1750. The fraction of sp³-hybridized carbons (Fsp3) is 0.333. The van der Waals surface area contributed by atoms with E-state index < -0.39 is 57.0 Å². The maximum Gasteiger partial charge on any atom is 0.323 e. The molecular weight excluding hydrogens is 644 g/mol. The van der Waals surface area contributed by atoms with Gasteiger partial charge in [0.25, 0.3) is 0 Å². The van der Waals surface area contributed by atoms with Crippen LogP contribution in [0.3, 0.4) is 0 Å². The van der Waals surface area contributed by atoms with Crippen molar-refractivity contribution in [2.75, 3.05) is 20.8 Å². The first kappa shape index (κ1) is 35.9. The van der Waals surface area contributed by atoms with Gasteiger partial charge in [0.2, 0.25) is 0 Å². The molecule has 0 N–H and O–H groups in total. The van der Waals surface area contributed by atoms with E-state index in [1.165, 1.54) is 12.1 Å². The lowest BCUT2D eigenvalue weighted by molar-refractivity contribution is -0.185. The van der Waals surface area contributed by atoms with E-state index in [-0.39, 0.29) is 31.3 Å². The number of hydrogen-bond acceptors (Lipinski definition) is 9. The highest BCUT2D eigenvalue weighted by atomic mass is 32.2. The van der Waals surface area contributed by atoms with Crippen molar-refractivity contribution < 1.29 is 41.7 Å². The van der Waals surface area contributed by atoms with Gasteiger partial charge < -0.3 is 23.7 Å². The van der Waals surface area contributed by atoms with E-state index in [0.29, 0.717) is 0 Å². The maximum absolute atomic E-state index is 14.6. The molecule has 0 radical (unpaired) electrons. The van der Waals surface area contributed by atoms with Gasteiger partial charge in [-0.2, -0.15) is 0 Å². The summed E-state index contributed by atoms with van der Waals surface area (Å²) in [6, 6.07) is 34.7. The van der Waals surface area contributed by atoms with Crippen LogP contribution in [0, 0.1) is 18.3 Å². The number of esters is 2. The summed E-state index contributed by atoms with van der Waals surface area (Å²) in [5, 5.41) is -1.35. The minimum absolute atomic E-state index is 0.0105. The van der Waals surface area contributed by atoms with Crippen LogP contribution in [0.2, 0.25) is 0 Å². The molecule has 49 heavy (non-hydrogen) atoms. The standard InChI is InChI=1S/C39H42O9S/c1-28-19-21-32(22-20-28)49(42,43)34-23-39(37(40)44-2,38(41)45-3)35(36(34)48-26-31-17-11-6-12-18-31)33(47-25-30-15-9-5-10-16-30)27-46-24-29-13-7-4-8-14-29/h4-22,33-36H,23-27H2,1-3H3/t33?,34-,35+,36+/m1/s1. The smallest absolute Gasteiger partial charge is 0.323 e. The molecule has 1 fully saturated rings. The summed E-state index contributed by atoms with van der Waals surface area (Å²) in [5.41, 5.74) is 1.29. The molecule has 1 saturated carbocycles. The molecular formula is C39H42O9S. The van der Waals surface area contributed by atoms with Gasteiger partial charge in [-0.1, -0.05) is 109 Å². The molecule has 9 nitrogen and oxygen atoms in total. The van der Waals surface area contributed by atoms with Crippen molar-refractivity contribution in [2.45, 2.75) is 55.5 Å². The van der Waals surface area contributed by atoms with Gasteiger partial charge in [-0.15, -0.1) is 0 Å². The SMILES string of the molecule is COC(=O)C1(C(=O)OC)C[C@@H](S(=O)(=O)c2ccc(C)cc2)[C@H](OCc2ccccc2)[C@@H]1C(COCc1ccccc1)OCc1ccccc1. The fourth-order valence-electron chi connectivity index (χ4n) is 6.56. The molecule has 0 saturated heterocycles. The van der Waals surface area contributed by atoms with Gasteiger partial charge >= 0.3 is 11.9 Å². The zero-order valence-electron chi connectivity index (χ0n) is 27.9. The minimum atomic E-state index is -4.20. The molecule has 4 atom stereocenters. The van der Waals surface area contributed by atoms with E-state index in [1.54, 1.807) is 12.1 Å². The summed E-state index contributed by atoms with van der Waals surface area (Å²) in [5.74, 6) is -3.06. The van der Waals surface area contributed by atoms with Crippen LogP contribution in [0.25, 0.3) is 0 Å².